The Labute approximate surface area is 121 Å². The summed E-state index contributed by atoms with van der Waals surface area (Å²) in [6.45, 7) is 2.05. The lowest BCUT2D eigenvalue weighted by Crippen LogP contribution is -2.18. The van der Waals surface area contributed by atoms with E-state index >= 15 is 0 Å². The largest absolute Gasteiger partial charge is 0.481 e. The number of carboxylic acid groups (broad SMARTS) is 1. The van der Waals surface area contributed by atoms with Crippen molar-refractivity contribution in [3.8, 4) is 0 Å². The minimum atomic E-state index is -0.908. The van der Waals surface area contributed by atoms with E-state index in [-0.39, 0.29) is 11.7 Å². The van der Waals surface area contributed by atoms with Gasteiger partial charge in [-0.15, -0.1) is 10.2 Å². The maximum absolute atomic E-state index is 10.6. The number of nitrogen functional groups attached to an aromatic ring is 1. The van der Waals surface area contributed by atoms with Crippen LogP contribution in [0, 0.1) is 0 Å². The number of hydrogen-bond donors (Lipinski definition) is 2. The average molecular weight is 292 g/mol. The molecule has 0 saturated heterocycles. The predicted molar refractivity (Wildman–Crippen MR) is 77.1 cm³/mol. The second-order valence-corrected chi connectivity index (χ2v) is 5.21. The van der Waals surface area contributed by atoms with Crippen molar-refractivity contribution in [2.24, 2.45) is 0 Å². The fraction of sp³-hybridized carbons (Fsp3) is 0.308. The van der Waals surface area contributed by atoms with Crippen LogP contribution < -0.4 is 5.84 Å². The molecule has 1 heterocycles. The first-order valence-electron chi connectivity index (χ1n) is 6.23. The van der Waals surface area contributed by atoms with Crippen molar-refractivity contribution in [2.75, 3.05) is 11.6 Å². The van der Waals surface area contributed by atoms with E-state index in [2.05, 4.69) is 17.1 Å². The molecule has 106 valence electrons. The molecule has 2 rings (SSSR count). The molecule has 0 spiro atoms. The van der Waals surface area contributed by atoms with Gasteiger partial charge in [-0.2, -0.15) is 0 Å². The van der Waals surface area contributed by atoms with Gasteiger partial charge in [0.25, 0.3) is 0 Å². The van der Waals surface area contributed by atoms with Gasteiger partial charge in [-0.1, -0.05) is 49.0 Å². The Morgan fingerprint density at radius 2 is 2.10 bits per heavy atom. The molecular weight excluding hydrogens is 276 g/mol. The highest BCUT2D eigenvalue weighted by Gasteiger charge is 2.20. The molecule has 1 unspecified atom stereocenters. The number of carboxylic acids is 1. The zero-order chi connectivity index (χ0) is 14.5. The van der Waals surface area contributed by atoms with E-state index in [1.807, 2.05) is 30.3 Å². The van der Waals surface area contributed by atoms with Gasteiger partial charge in [-0.25, -0.2) is 4.68 Å². The summed E-state index contributed by atoms with van der Waals surface area (Å²) in [6.07, 6.45) is 0.836. The van der Waals surface area contributed by atoms with E-state index in [0.717, 1.165) is 23.7 Å². The van der Waals surface area contributed by atoms with Gasteiger partial charge in [-0.05, 0) is 12.0 Å². The second kappa shape index (κ2) is 6.42. The minimum Gasteiger partial charge on any atom is -0.481 e. The summed E-state index contributed by atoms with van der Waals surface area (Å²) in [5, 5.41) is 17.2. The maximum atomic E-state index is 10.6. The van der Waals surface area contributed by atoms with Crippen LogP contribution in [0.1, 0.15) is 30.7 Å². The van der Waals surface area contributed by atoms with Crippen LogP contribution in [0.15, 0.2) is 35.5 Å². The lowest BCUT2D eigenvalue weighted by molar-refractivity contribution is -0.133. The first-order valence-corrected chi connectivity index (χ1v) is 7.22. The SMILES string of the molecule is CCC(c1ccccc1)c1nnc(SCC(=O)O)n1N. The summed E-state index contributed by atoms with van der Waals surface area (Å²) in [7, 11) is 0. The standard InChI is InChI=1S/C13H16N4O2S/c1-2-10(9-6-4-3-5-7-9)12-15-16-13(17(12)14)20-8-11(18)19/h3-7,10H,2,8,14H2,1H3,(H,18,19). The number of aliphatic carboxylic acids is 1. The van der Waals surface area contributed by atoms with Crippen LogP contribution in [-0.4, -0.2) is 31.7 Å². The van der Waals surface area contributed by atoms with Crippen molar-refractivity contribution in [1.82, 2.24) is 14.9 Å². The third kappa shape index (κ3) is 3.11. The summed E-state index contributed by atoms with van der Waals surface area (Å²) in [4.78, 5) is 10.6. The van der Waals surface area contributed by atoms with Gasteiger partial charge in [-0.3, -0.25) is 4.79 Å². The number of hydrogen-bond acceptors (Lipinski definition) is 5. The second-order valence-electron chi connectivity index (χ2n) is 4.26. The molecule has 0 aliphatic heterocycles. The fourth-order valence-electron chi connectivity index (χ4n) is 2.00. The third-order valence-corrected chi connectivity index (χ3v) is 3.87. The Hall–Kier alpha value is -2.02. The smallest absolute Gasteiger partial charge is 0.313 e. The van der Waals surface area contributed by atoms with Crippen LogP contribution in [0.2, 0.25) is 0 Å². The quantitative estimate of drug-likeness (QED) is 0.622. The van der Waals surface area contributed by atoms with E-state index in [9.17, 15) is 4.79 Å². The Bertz CT molecular complexity index is 585. The first kappa shape index (κ1) is 14.4. The summed E-state index contributed by atoms with van der Waals surface area (Å²) in [6, 6.07) is 9.93. The number of nitrogens with zero attached hydrogens (tertiary/aromatic N) is 3. The highest BCUT2D eigenvalue weighted by atomic mass is 32.2. The predicted octanol–water partition coefficient (Wildman–Crippen LogP) is 1.71. The van der Waals surface area contributed by atoms with E-state index in [0.29, 0.717) is 11.0 Å². The van der Waals surface area contributed by atoms with E-state index in [4.69, 9.17) is 10.9 Å². The van der Waals surface area contributed by atoms with Crippen molar-refractivity contribution in [1.29, 1.82) is 0 Å². The van der Waals surface area contributed by atoms with Crippen molar-refractivity contribution >= 4 is 17.7 Å². The van der Waals surface area contributed by atoms with Crippen molar-refractivity contribution in [3.05, 3.63) is 41.7 Å². The van der Waals surface area contributed by atoms with Crippen molar-refractivity contribution in [2.45, 2.75) is 24.4 Å². The molecule has 2 aromatic rings. The summed E-state index contributed by atoms with van der Waals surface area (Å²) in [5.41, 5.74) is 1.11. The highest BCUT2D eigenvalue weighted by molar-refractivity contribution is 7.99. The topological polar surface area (TPSA) is 94.0 Å². The van der Waals surface area contributed by atoms with E-state index in [1.54, 1.807) is 0 Å². The number of carbonyl (C=O) groups is 1. The number of rotatable bonds is 6. The molecule has 3 N–H and O–H groups in total. The fourth-order valence-corrected chi connectivity index (χ4v) is 2.59. The molecule has 0 saturated carbocycles. The molecule has 0 radical (unpaired) electrons. The molecular formula is C13H16N4O2S. The molecule has 0 bridgehead atoms. The molecule has 0 fully saturated rings. The third-order valence-electron chi connectivity index (χ3n) is 2.94. The number of aromatic nitrogens is 3. The minimum absolute atomic E-state index is 0.0490. The number of thioether (sulfide) groups is 1. The molecule has 0 aliphatic carbocycles. The van der Waals surface area contributed by atoms with Crippen molar-refractivity contribution < 1.29 is 9.90 Å². The number of nitrogens with two attached hydrogens (primary N) is 1. The lowest BCUT2D eigenvalue weighted by Gasteiger charge is -2.14. The molecule has 20 heavy (non-hydrogen) atoms. The average Bonchev–Trinajstić information content (AvgIpc) is 2.80. The van der Waals surface area contributed by atoms with Crippen LogP contribution in [0.25, 0.3) is 0 Å². The molecule has 0 aliphatic rings. The van der Waals surface area contributed by atoms with Gasteiger partial charge in [0.1, 0.15) is 0 Å². The molecule has 7 heteroatoms. The zero-order valence-corrected chi connectivity index (χ0v) is 11.9. The Morgan fingerprint density at radius 3 is 2.70 bits per heavy atom. The Morgan fingerprint density at radius 1 is 1.40 bits per heavy atom. The Balaban J connectivity index is 2.25. The van der Waals surface area contributed by atoms with Crippen LogP contribution in [0.4, 0.5) is 0 Å². The van der Waals surface area contributed by atoms with Crippen LogP contribution in [0.3, 0.4) is 0 Å². The molecule has 6 nitrogen and oxygen atoms in total. The molecule has 0 amide bonds. The molecule has 1 atom stereocenters. The van der Waals surface area contributed by atoms with Gasteiger partial charge in [0, 0.05) is 5.92 Å². The maximum Gasteiger partial charge on any atom is 0.313 e. The van der Waals surface area contributed by atoms with Gasteiger partial charge >= 0.3 is 5.97 Å². The summed E-state index contributed by atoms with van der Waals surface area (Å²) < 4.78 is 1.38. The van der Waals surface area contributed by atoms with Crippen molar-refractivity contribution in [3.63, 3.8) is 0 Å². The zero-order valence-electron chi connectivity index (χ0n) is 11.1. The summed E-state index contributed by atoms with van der Waals surface area (Å²) >= 11 is 1.06. The molecule has 1 aromatic carbocycles. The van der Waals surface area contributed by atoms with E-state index < -0.39 is 5.97 Å². The Kier molecular flexibility index (Phi) is 4.62. The monoisotopic (exact) mass is 292 g/mol. The highest BCUT2D eigenvalue weighted by Crippen LogP contribution is 2.27. The molecule has 1 aromatic heterocycles. The van der Waals surface area contributed by atoms with Gasteiger partial charge in [0.2, 0.25) is 5.16 Å². The van der Waals surface area contributed by atoms with E-state index in [1.165, 1.54) is 4.68 Å². The van der Waals surface area contributed by atoms with Gasteiger partial charge in [0.15, 0.2) is 5.82 Å². The van der Waals surface area contributed by atoms with Gasteiger partial charge in [0.05, 0.1) is 5.75 Å². The normalized spacial score (nSPS) is 12.2. The van der Waals surface area contributed by atoms with Gasteiger partial charge < -0.3 is 10.9 Å². The number of benzene rings is 1. The van der Waals surface area contributed by atoms with Crippen LogP contribution in [-0.2, 0) is 4.79 Å². The van der Waals surface area contributed by atoms with Crippen LogP contribution in [0.5, 0.6) is 0 Å². The lowest BCUT2D eigenvalue weighted by atomic mass is 9.96. The van der Waals surface area contributed by atoms with Crippen LogP contribution >= 0.6 is 11.8 Å². The summed E-state index contributed by atoms with van der Waals surface area (Å²) in [5.74, 6) is 5.68. The first-order chi connectivity index (χ1) is 9.63.